The van der Waals surface area contributed by atoms with E-state index in [-0.39, 0.29) is 12.8 Å². The first-order valence-electron chi connectivity index (χ1n) is 6.84. The van der Waals surface area contributed by atoms with Gasteiger partial charge in [0.05, 0.1) is 6.61 Å². The van der Waals surface area contributed by atoms with Gasteiger partial charge in [-0.1, -0.05) is 34.1 Å². The van der Waals surface area contributed by atoms with Crippen molar-refractivity contribution in [2.45, 2.75) is 6.92 Å². The Labute approximate surface area is 137 Å². The van der Waals surface area contributed by atoms with Crippen molar-refractivity contribution >= 4 is 27.6 Å². The van der Waals surface area contributed by atoms with Crippen LogP contribution in [0.5, 0.6) is 11.5 Å². The van der Waals surface area contributed by atoms with Gasteiger partial charge in [-0.25, -0.2) is 4.79 Å². The van der Waals surface area contributed by atoms with Gasteiger partial charge in [-0.15, -0.1) is 0 Å². The average Bonchev–Trinajstić information content (AvgIpc) is 2.49. The largest absolute Gasteiger partial charge is 0.490 e. The molecule has 0 heterocycles. The summed E-state index contributed by atoms with van der Waals surface area (Å²) in [6, 6.07) is 14.3. The van der Waals surface area contributed by atoms with Crippen LogP contribution in [0.4, 0.5) is 10.5 Å². The Hall–Kier alpha value is -2.21. The van der Waals surface area contributed by atoms with Crippen molar-refractivity contribution in [3.8, 4) is 11.5 Å². The van der Waals surface area contributed by atoms with Crippen LogP contribution < -0.4 is 20.1 Å². The highest BCUT2D eigenvalue weighted by atomic mass is 79.9. The lowest BCUT2D eigenvalue weighted by atomic mass is 10.3. The summed E-state index contributed by atoms with van der Waals surface area (Å²) >= 11 is 3.35. The van der Waals surface area contributed by atoms with Gasteiger partial charge in [0.15, 0.2) is 18.2 Å². The number of hydrogen-bond acceptors (Lipinski definition) is 3. The molecule has 0 aliphatic heterocycles. The maximum atomic E-state index is 11.8. The molecule has 116 valence electrons. The van der Waals surface area contributed by atoms with Crippen LogP contribution in [0.2, 0.25) is 0 Å². The van der Waals surface area contributed by atoms with Gasteiger partial charge in [0.1, 0.15) is 0 Å². The second-order valence-electron chi connectivity index (χ2n) is 4.31. The minimum Gasteiger partial charge on any atom is -0.490 e. The van der Waals surface area contributed by atoms with Crippen molar-refractivity contribution in [3.63, 3.8) is 0 Å². The molecule has 0 aliphatic carbocycles. The lowest BCUT2D eigenvalue weighted by Gasteiger charge is -2.12. The molecule has 6 heteroatoms. The molecular formula is C16H17BrN2O3. The number of anilines is 1. The van der Waals surface area contributed by atoms with Crippen LogP contribution in [0.15, 0.2) is 53.0 Å². The van der Waals surface area contributed by atoms with Crippen molar-refractivity contribution in [3.05, 3.63) is 53.0 Å². The van der Waals surface area contributed by atoms with Crippen molar-refractivity contribution in [1.29, 1.82) is 0 Å². The highest BCUT2D eigenvalue weighted by Crippen LogP contribution is 2.25. The van der Waals surface area contributed by atoms with E-state index in [1.807, 2.05) is 43.3 Å². The van der Waals surface area contributed by atoms with Crippen LogP contribution in [0, 0.1) is 0 Å². The Morgan fingerprint density at radius 2 is 1.82 bits per heavy atom. The summed E-state index contributed by atoms with van der Waals surface area (Å²) in [5.74, 6) is 1.24. The molecule has 0 saturated carbocycles. The third-order valence-electron chi connectivity index (χ3n) is 2.69. The number of amides is 2. The van der Waals surface area contributed by atoms with Crippen LogP contribution in [0.25, 0.3) is 0 Å². The summed E-state index contributed by atoms with van der Waals surface area (Å²) in [5, 5.41) is 5.34. The predicted octanol–water partition coefficient (Wildman–Crippen LogP) is 4.01. The minimum absolute atomic E-state index is 0.0456. The highest BCUT2D eigenvalue weighted by Gasteiger charge is 2.05. The van der Waals surface area contributed by atoms with E-state index in [0.717, 1.165) is 4.47 Å². The molecule has 0 aliphatic rings. The molecule has 0 spiro atoms. The second kappa shape index (κ2) is 8.29. The van der Waals surface area contributed by atoms with E-state index >= 15 is 0 Å². The van der Waals surface area contributed by atoms with Crippen molar-refractivity contribution in [2.24, 2.45) is 0 Å². The molecule has 22 heavy (non-hydrogen) atoms. The third-order valence-corrected chi connectivity index (χ3v) is 3.19. The highest BCUT2D eigenvalue weighted by molar-refractivity contribution is 9.10. The lowest BCUT2D eigenvalue weighted by molar-refractivity contribution is 0.229. The minimum atomic E-state index is -0.341. The fourth-order valence-electron chi connectivity index (χ4n) is 1.77. The summed E-state index contributed by atoms with van der Waals surface area (Å²) in [5.41, 5.74) is 0.696. The van der Waals surface area contributed by atoms with Crippen LogP contribution in [0.3, 0.4) is 0 Å². The maximum Gasteiger partial charge on any atom is 0.321 e. The topological polar surface area (TPSA) is 59.6 Å². The first kappa shape index (κ1) is 16.2. The van der Waals surface area contributed by atoms with Gasteiger partial charge in [0.2, 0.25) is 0 Å². The molecule has 2 aromatic carbocycles. The van der Waals surface area contributed by atoms with Gasteiger partial charge < -0.3 is 20.1 Å². The fourth-order valence-corrected chi connectivity index (χ4v) is 2.16. The summed E-state index contributed by atoms with van der Waals surface area (Å²) in [4.78, 5) is 11.8. The summed E-state index contributed by atoms with van der Waals surface area (Å²) in [7, 11) is 0. The standard InChI is InChI=1S/C16H17BrN2O3/c1-2-21-14-8-3-4-9-15(14)22-11-18-16(20)19-13-7-5-6-12(17)10-13/h3-10H,2,11H2,1H3,(H2,18,19,20). The molecule has 2 N–H and O–H groups in total. The Morgan fingerprint density at radius 3 is 2.50 bits per heavy atom. The van der Waals surface area contributed by atoms with E-state index in [4.69, 9.17) is 9.47 Å². The third kappa shape index (κ3) is 4.96. The molecular weight excluding hydrogens is 348 g/mol. The molecule has 0 radical (unpaired) electrons. The van der Waals surface area contributed by atoms with Crippen LogP contribution in [0.1, 0.15) is 6.92 Å². The van der Waals surface area contributed by atoms with Gasteiger partial charge in [-0.3, -0.25) is 0 Å². The number of hydrogen-bond donors (Lipinski definition) is 2. The van der Waals surface area contributed by atoms with E-state index in [1.54, 1.807) is 12.1 Å². The molecule has 0 saturated heterocycles. The molecule has 0 unspecified atom stereocenters. The first-order valence-corrected chi connectivity index (χ1v) is 7.63. The van der Waals surface area contributed by atoms with E-state index in [0.29, 0.717) is 23.8 Å². The van der Waals surface area contributed by atoms with Crippen LogP contribution in [-0.4, -0.2) is 19.4 Å². The smallest absolute Gasteiger partial charge is 0.321 e. The number of carbonyl (C=O) groups excluding carboxylic acids is 1. The number of benzene rings is 2. The SMILES string of the molecule is CCOc1ccccc1OCNC(=O)Nc1cccc(Br)c1. The van der Waals surface area contributed by atoms with Gasteiger partial charge in [0, 0.05) is 10.2 Å². The molecule has 0 atom stereocenters. The van der Waals surface area contributed by atoms with E-state index < -0.39 is 0 Å². The zero-order valence-electron chi connectivity index (χ0n) is 12.1. The number of para-hydroxylation sites is 2. The summed E-state index contributed by atoms with van der Waals surface area (Å²) in [6.07, 6.45) is 0. The molecule has 0 fully saturated rings. The molecule has 2 rings (SSSR count). The zero-order valence-corrected chi connectivity index (χ0v) is 13.7. The van der Waals surface area contributed by atoms with E-state index in [1.165, 1.54) is 0 Å². The number of ether oxygens (including phenoxy) is 2. The summed E-state index contributed by atoms with van der Waals surface area (Å²) in [6.45, 7) is 2.50. The molecule has 0 aromatic heterocycles. The van der Waals surface area contributed by atoms with Crippen LogP contribution in [-0.2, 0) is 0 Å². The lowest BCUT2D eigenvalue weighted by Crippen LogP contribution is -2.32. The molecule has 0 bridgehead atoms. The van der Waals surface area contributed by atoms with E-state index in [9.17, 15) is 4.79 Å². The second-order valence-corrected chi connectivity index (χ2v) is 5.23. The molecule has 2 amide bonds. The van der Waals surface area contributed by atoms with Crippen molar-refractivity contribution in [2.75, 3.05) is 18.7 Å². The summed E-state index contributed by atoms with van der Waals surface area (Å²) < 4.78 is 11.9. The van der Waals surface area contributed by atoms with Crippen molar-refractivity contribution in [1.82, 2.24) is 5.32 Å². The Morgan fingerprint density at radius 1 is 1.09 bits per heavy atom. The fraction of sp³-hybridized carbons (Fsp3) is 0.188. The number of nitrogens with one attached hydrogen (secondary N) is 2. The number of rotatable bonds is 6. The zero-order chi connectivity index (χ0) is 15.8. The number of halogens is 1. The maximum absolute atomic E-state index is 11.8. The Bertz CT molecular complexity index is 634. The van der Waals surface area contributed by atoms with Crippen molar-refractivity contribution < 1.29 is 14.3 Å². The molecule has 2 aromatic rings. The van der Waals surface area contributed by atoms with Gasteiger partial charge in [-0.2, -0.15) is 0 Å². The Kier molecular flexibility index (Phi) is 6.09. The van der Waals surface area contributed by atoms with Gasteiger partial charge >= 0.3 is 6.03 Å². The average molecular weight is 365 g/mol. The normalized spacial score (nSPS) is 9.91. The van der Waals surface area contributed by atoms with E-state index in [2.05, 4.69) is 26.6 Å². The van der Waals surface area contributed by atoms with Gasteiger partial charge in [-0.05, 0) is 37.3 Å². The van der Waals surface area contributed by atoms with Crippen LogP contribution >= 0.6 is 15.9 Å². The predicted molar refractivity (Wildman–Crippen MR) is 89.4 cm³/mol. The first-order chi connectivity index (χ1) is 10.7. The molecule has 5 nitrogen and oxygen atoms in total. The number of carbonyl (C=O) groups is 1. The van der Waals surface area contributed by atoms with Gasteiger partial charge in [0.25, 0.3) is 0 Å². The quantitative estimate of drug-likeness (QED) is 0.761. The monoisotopic (exact) mass is 364 g/mol. The number of urea groups is 1. The Balaban J connectivity index is 1.82.